The lowest BCUT2D eigenvalue weighted by Crippen LogP contribution is -2.16. The van der Waals surface area contributed by atoms with Crippen molar-refractivity contribution in [1.82, 2.24) is 0 Å². The third-order valence-electron chi connectivity index (χ3n) is 1.85. The van der Waals surface area contributed by atoms with Crippen LogP contribution in [0.15, 0.2) is 23.8 Å². The van der Waals surface area contributed by atoms with Crippen molar-refractivity contribution in [3.05, 3.63) is 23.8 Å². The fourth-order valence-electron chi connectivity index (χ4n) is 1.01. The first kappa shape index (κ1) is 14.3. The maximum atomic E-state index is 3.33. The number of rotatable bonds is 4. The predicted octanol–water partition coefficient (Wildman–Crippen LogP) is 4.56. The van der Waals surface area contributed by atoms with Gasteiger partial charge in [0.2, 0.25) is 0 Å². The molecule has 0 aromatic rings. The van der Waals surface area contributed by atoms with Crippen molar-refractivity contribution in [3.8, 4) is 11.5 Å². The minimum absolute atomic E-state index is 1.18. The van der Waals surface area contributed by atoms with E-state index in [1.54, 1.807) is 0 Å². The van der Waals surface area contributed by atoms with E-state index in [1.165, 1.54) is 24.8 Å². The summed E-state index contributed by atoms with van der Waals surface area (Å²) in [5.41, 5.74) is 4.59. The largest absolute Gasteiger partial charge is 0.129 e. The smallest absolute Gasteiger partial charge is 0.127 e. The average molecular weight is 220 g/mol. The van der Waals surface area contributed by atoms with Gasteiger partial charge in [0.25, 0.3) is 0 Å². The molecular formula is C14H24Si. The fraction of sp³-hybridized carbons (Fsp3) is 0.571. The molecule has 0 aliphatic heterocycles. The zero-order valence-corrected chi connectivity index (χ0v) is 11.9. The maximum absolute atomic E-state index is 3.33. The van der Waals surface area contributed by atoms with Crippen molar-refractivity contribution in [3.63, 3.8) is 0 Å². The van der Waals surface area contributed by atoms with Gasteiger partial charge in [0, 0.05) is 0 Å². The highest BCUT2D eigenvalue weighted by Gasteiger charge is 2.06. The maximum Gasteiger partial charge on any atom is 0.129 e. The third-order valence-corrected chi connectivity index (χ3v) is 2.75. The molecule has 0 atom stereocenters. The summed E-state index contributed by atoms with van der Waals surface area (Å²) in [7, 11) is -1.20. The Morgan fingerprint density at radius 3 is 2.47 bits per heavy atom. The van der Waals surface area contributed by atoms with E-state index in [2.05, 4.69) is 57.1 Å². The van der Waals surface area contributed by atoms with Gasteiger partial charge in [-0.3, -0.25) is 0 Å². The second-order valence-electron chi connectivity index (χ2n) is 4.95. The molecule has 0 spiro atoms. The number of unbranched alkanes of at least 4 members (excludes halogenated alkanes) is 2. The second kappa shape index (κ2) is 7.54. The molecule has 15 heavy (non-hydrogen) atoms. The molecule has 0 aromatic heterocycles. The number of hydrogen-bond donors (Lipinski definition) is 0. The first-order chi connectivity index (χ1) is 6.95. The van der Waals surface area contributed by atoms with Gasteiger partial charge in [-0.15, -0.1) is 5.54 Å². The van der Waals surface area contributed by atoms with Gasteiger partial charge in [-0.05, 0) is 25.0 Å². The molecule has 0 unspecified atom stereocenters. The van der Waals surface area contributed by atoms with Gasteiger partial charge in [0.1, 0.15) is 8.07 Å². The van der Waals surface area contributed by atoms with Crippen molar-refractivity contribution in [2.75, 3.05) is 0 Å². The van der Waals surface area contributed by atoms with E-state index in [0.29, 0.717) is 0 Å². The summed E-state index contributed by atoms with van der Waals surface area (Å²) in [6.45, 7) is 11.1. The molecule has 0 radical (unpaired) electrons. The summed E-state index contributed by atoms with van der Waals surface area (Å²) in [5.74, 6) is 3.16. The first-order valence-electron chi connectivity index (χ1n) is 5.81. The third kappa shape index (κ3) is 11.2. The predicted molar refractivity (Wildman–Crippen MR) is 73.5 cm³/mol. The van der Waals surface area contributed by atoms with E-state index in [1.807, 2.05) is 6.08 Å². The van der Waals surface area contributed by atoms with E-state index >= 15 is 0 Å². The van der Waals surface area contributed by atoms with Crippen LogP contribution in [-0.4, -0.2) is 8.07 Å². The molecule has 0 N–H and O–H groups in total. The molecular weight excluding hydrogens is 196 g/mol. The Balaban J connectivity index is 4.08. The van der Waals surface area contributed by atoms with Gasteiger partial charge < -0.3 is 0 Å². The standard InChI is InChI=1S/C14H24Si/c1-6-7-8-9-11-14(2)12-10-13-15(3,4)5/h9,11-12H,6-8H2,1-5H3/b11-9+,14-12-. The van der Waals surface area contributed by atoms with Gasteiger partial charge in [-0.1, -0.05) is 57.5 Å². The minimum Gasteiger partial charge on any atom is -0.127 e. The van der Waals surface area contributed by atoms with Gasteiger partial charge in [0.05, 0.1) is 0 Å². The molecule has 0 aliphatic carbocycles. The summed E-state index contributed by atoms with van der Waals surface area (Å²) in [6, 6.07) is 0. The molecule has 0 saturated carbocycles. The van der Waals surface area contributed by atoms with Gasteiger partial charge in [-0.2, -0.15) is 0 Å². The lowest BCUT2D eigenvalue weighted by Gasteiger charge is -2.02. The van der Waals surface area contributed by atoms with Crippen LogP contribution in [0.3, 0.4) is 0 Å². The minimum atomic E-state index is -1.20. The molecule has 0 saturated heterocycles. The number of hydrogen-bond acceptors (Lipinski definition) is 0. The molecule has 0 bridgehead atoms. The van der Waals surface area contributed by atoms with Crippen LogP contribution in [0.25, 0.3) is 0 Å². The average Bonchev–Trinajstić information content (AvgIpc) is 2.10. The molecule has 84 valence electrons. The van der Waals surface area contributed by atoms with E-state index in [-0.39, 0.29) is 0 Å². The van der Waals surface area contributed by atoms with Crippen molar-refractivity contribution in [2.45, 2.75) is 52.8 Å². The van der Waals surface area contributed by atoms with Crippen molar-refractivity contribution >= 4 is 8.07 Å². The van der Waals surface area contributed by atoms with E-state index < -0.39 is 8.07 Å². The lowest BCUT2D eigenvalue weighted by molar-refractivity contribution is 0.814. The fourth-order valence-corrected chi connectivity index (χ4v) is 1.51. The van der Waals surface area contributed by atoms with Crippen molar-refractivity contribution < 1.29 is 0 Å². The van der Waals surface area contributed by atoms with Crippen LogP contribution in [0, 0.1) is 11.5 Å². The molecule has 0 aromatic carbocycles. The number of allylic oxidation sites excluding steroid dienone is 4. The molecule has 0 heterocycles. The van der Waals surface area contributed by atoms with Gasteiger partial charge in [-0.25, -0.2) is 0 Å². The van der Waals surface area contributed by atoms with Crippen LogP contribution < -0.4 is 0 Å². The van der Waals surface area contributed by atoms with Gasteiger partial charge in [0.15, 0.2) is 0 Å². The zero-order chi connectivity index (χ0) is 11.7. The second-order valence-corrected chi connectivity index (χ2v) is 9.70. The van der Waals surface area contributed by atoms with Crippen LogP contribution in [0.5, 0.6) is 0 Å². The van der Waals surface area contributed by atoms with Crippen LogP contribution in [0.4, 0.5) is 0 Å². The highest BCUT2D eigenvalue weighted by Crippen LogP contribution is 2.00. The summed E-state index contributed by atoms with van der Waals surface area (Å²) in [5, 5.41) is 0. The van der Waals surface area contributed by atoms with E-state index in [9.17, 15) is 0 Å². The van der Waals surface area contributed by atoms with E-state index in [4.69, 9.17) is 0 Å². The Labute approximate surface area is 96.5 Å². The Hall–Kier alpha value is -0.743. The summed E-state index contributed by atoms with van der Waals surface area (Å²) >= 11 is 0. The summed E-state index contributed by atoms with van der Waals surface area (Å²) in [4.78, 5) is 0. The highest BCUT2D eigenvalue weighted by atomic mass is 28.3. The molecule has 0 nitrogen and oxygen atoms in total. The Morgan fingerprint density at radius 1 is 1.27 bits per heavy atom. The molecule has 0 aliphatic rings. The van der Waals surface area contributed by atoms with Gasteiger partial charge >= 0.3 is 0 Å². The van der Waals surface area contributed by atoms with Crippen LogP contribution >= 0.6 is 0 Å². The Bertz CT molecular complexity index is 279. The normalized spacial score (nSPS) is 12.7. The van der Waals surface area contributed by atoms with Crippen molar-refractivity contribution in [1.29, 1.82) is 0 Å². The highest BCUT2D eigenvalue weighted by molar-refractivity contribution is 6.83. The van der Waals surface area contributed by atoms with E-state index in [0.717, 1.165) is 0 Å². The lowest BCUT2D eigenvalue weighted by atomic mass is 10.2. The summed E-state index contributed by atoms with van der Waals surface area (Å²) in [6.07, 6.45) is 10.2. The molecule has 0 rings (SSSR count). The van der Waals surface area contributed by atoms with Crippen LogP contribution in [0.1, 0.15) is 33.1 Å². The summed E-state index contributed by atoms with van der Waals surface area (Å²) < 4.78 is 0. The quantitative estimate of drug-likeness (QED) is 0.282. The topological polar surface area (TPSA) is 0 Å². The Kier molecular flexibility index (Phi) is 7.16. The molecule has 0 fully saturated rings. The molecule has 1 heteroatoms. The monoisotopic (exact) mass is 220 g/mol. The first-order valence-corrected chi connectivity index (χ1v) is 9.31. The Morgan fingerprint density at radius 2 is 1.93 bits per heavy atom. The van der Waals surface area contributed by atoms with Crippen LogP contribution in [-0.2, 0) is 0 Å². The molecule has 0 amide bonds. The van der Waals surface area contributed by atoms with Crippen molar-refractivity contribution in [2.24, 2.45) is 0 Å². The zero-order valence-electron chi connectivity index (χ0n) is 10.9. The SMILES string of the molecule is CCCC/C=C/C(C)=C\C#C[Si](C)(C)C. The van der Waals surface area contributed by atoms with Crippen LogP contribution in [0.2, 0.25) is 19.6 Å².